The van der Waals surface area contributed by atoms with E-state index < -0.39 is 5.82 Å². The number of hydrogen-bond donors (Lipinski definition) is 0. The van der Waals surface area contributed by atoms with Gasteiger partial charge < -0.3 is 4.74 Å². The van der Waals surface area contributed by atoms with Gasteiger partial charge in [0, 0.05) is 11.1 Å². The monoisotopic (exact) mass is 306 g/mol. The van der Waals surface area contributed by atoms with E-state index in [9.17, 15) is 9.18 Å². The Balaban J connectivity index is 1.80. The minimum Gasteiger partial charge on any atom is -0.486 e. The third-order valence-electron chi connectivity index (χ3n) is 3.47. The SMILES string of the molecule is O=C(c1ccccc1)c1ccc(F)c(OCc2ccccc2)c1. The van der Waals surface area contributed by atoms with Crippen LogP contribution in [0.1, 0.15) is 21.5 Å². The van der Waals surface area contributed by atoms with Crippen LogP contribution in [0.25, 0.3) is 0 Å². The lowest BCUT2D eigenvalue weighted by Crippen LogP contribution is -2.03. The van der Waals surface area contributed by atoms with E-state index in [1.54, 1.807) is 24.3 Å². The fraction of sp³-hybridized carbons (Fsp3) is 0.0500. The maximum absolute atomic E-state index is 13.9. The molecule has 3 aromatic rings. The fourth-order valence-corrected chi connectivity index (χ4v) is 2.25. The lowest BCUT2D eigenvalue weighted by molar-refractivity contribution is 0.103. The predicted molar refractivity (Wildman–Crippen MR) is 87.0 cm³/mol. The second kappa shape index (κ2) is 6.88. The lowest BCUT2D eigenvalue weighted by Gasteiger charge is -2.09. The molecule has 114 valence electrons. The molecule has 0 aliphatic heterocycles. The molecule has 0 aromatic heterocycles. The Morgan fingerprint density at radius 2 is 1.48 bits per heavy atom. The first kappa shape index (κ1) is 15.0. The normalized spacial score (nSPS) is 10.3. The Hall–Kier alpha value is -2.94. The minimum atomic E-state index is -0.481. The molecule has 0 fully saturated rings. The summed E-state index contributed by atoms with van der Waals surface area (Å²) in [5.41, 5.74) is 1.90. The van der Waals surface area contributed by atoms with Crippen LogP contribution in [0.3, 0.4) is 0 Å². The molecule has 3 aromatic carbocycles. The van der Waals surface area contributed by atoms with Gasteiger partial charge in [-0.25, -0.2) is 4.39 Å². The topological polar surface area (TPSA) is 26.3 Å². The quantitative estimate of drug-likeness (QED) is 0.642. The van der Waals surface area contributed by atoms with Gasteiger partial charge in [0.1, 0.15) is 6.61 Å². The molecule has 0 saturated carbocycles. The first-order valence-corrected chi connectivity index (χ1v) is 7.30. The van der Waals surface area contributed by atoms with Crippen LogP contribution in [0.4, 0.5) is 4.39 Å². The molecule has 0 aliphatic rings. The smallest absolute Gasteiger partial charge is 0.193 e. The highest BCUT2D eigenvalue weighted by Crippen LogP contribution is 2.22. The van der Waals surface area contributed by atoms with Crippen molar-refractivity contribution in [3.05, 3.63) is 101 Å². The molecule has 0 saturated heterocycles. The molecule has 3 rings (SSSR count). The van der Waals surface area contributed by atoms with Gasteiger partial charge in [-0.05, 0) is 23.8 Å². The first-order chi connectivity index (χ1) is 11.2. The number of hydrogen-bond acceptors (Lipinski definition) is 2. The molecular weight excluding hydrogens is 291 g/mol. The van der Waals surface area contributed by atoms with Crippen molar-refractivity contribution in [3.63, 3.8) is 0 Å². The summed E-state index contributed by atoms with van der Waals surface area (Å²) in [5.74, 6) is -0.559. The van der Waals surface area contributed by atoms with Gasteiger partial charge in [-0.1, -0.05) is 60.7 Å². The zero-order chi connectivity index (χ0) is 16.1. The number of benzene rings is 3. The van der Waals surface area contributed by atoms with Crippen molar-refractivity contribution in [1.82, 2.24) is 0 Å². The molecule has 0 heterocycles. The number of rotatable bonds is 5. The molecule has 0 unspecified atom stereocenters. The molecule has 0 atom stereocenters. The van der Waals surface area contributed by atoms with Crippen LogP contribution in [0, 0.1) is 5.82 Å². The summed E-state index contributed by atoms with van der Waals surface area (Å²) in [6, 6.07) is 22.6. The van der Waals surface area contributed by atoms with Gasteiger partial charge in [-0.3, -0.25) is 4.79 Å². The van der Waals surface area contributed by atoms with Crippen molar-refractivity contribution in [3.8, 4) is 5.75 Å². The summed E-state index contributed by atoms with van der Waals surface area (Å²) < 4.78 is 19.4. The number of carbonyl (C=O) groups is 1. The largest absolute Gasteiger partial charge is 0.486 e. The summed E-state index contributed by atoms with van der Waals surface area (Å²) >= 11 is 0. The first-order valence-electron chi connectivity index (χ1n) is 7.30. The lowest BCUT2D eigenvalue weighted by atomic mass is 10.0. The number of carbonyl (C=O) groups excluding carboxylic acids is 1. The molecule has 23 heavy (non-hydrogen) atoms. The zero-order valence-electron chi connectivity index (χ0n) is 12.4. The molecule has 0 radical (unpaired) electrons. The molecular formula is C20H15FO2. The molecule has 0 aliphatic carbocycles. The van der Waals surface area contributed by atoms with Gasteiger partial charge in [-0.15, -0.1) is 0 Å². The second-order valence-corrected chi connectivity index (χ2v) is 5.11. The Kier molecular flexibility index (Phi) is 4.48. The Labute approximate surface area is 134 Å². The number of halogens is 1. The van der Waals surface area contributed by atoms with E-state index in [1.165, 1.54) is 18.2 Å². The van der Waals surface area contributed by atoms with Gasteiger partial charge in [-0.2, -0.15) is 0 Å². The summed E-state index contributed by atoms with van der Waals surface area (Å²) in [4.78, 5) is 12.4. The summed E-state index contributed by atoms with van der Waals surface area (Å²) in [5, 5.41) is 0. The van der Waals surface area contributed by atoms with Crippen molar-refractivity contribution < 1.29 is 13.9 Å². The Morgan fingerprint density at radius 1 is 0.826 bits per heavy atom. The van der Waals surface area contributed by atoms with Gasteiger partial charge in [0.25, 0.3) is 0 Å². The van der Waals surface area contributed by atoms with Gasteiger partial charge >= 0.3 is 0 Å². The van der Waals surface area contributed by atoms with E-state index in [0.29, 0.717) is 11.1 Å². The van der Waals surface area contributed by atoms with Gasteiger partial charge in [0.15, 0.2) is 17.3 Å². The van der Waals surface area contributed by atoms with Crippen molar-refractivity contribution in [2.24, 2.45) is 0 Å². The van der Waals surface area contributed by atoms with Crippen LogP contribution >= 0.6 is 0 Å². The van der Waals surface area contributed by atoms with Crippen LogP contribution in [-0.4, -0.2) is 5.78 Å². The molecule has 2 nitrogen and oxygen atoms in total. The average molecular weight is 306 g/mol. The van der Waals surface area contributed by atoms with E-state index in [-0.39, 0.29) is 18.1 Å². The maximum Gasteiger partial charge on any atom is 0.193 e. The van der Waals surface area contributed by atoms with Crippen molar-refractivity contribution in [2.45, 2.75) is 6.61 Å². The third kappa shape index (κ3) is 3.64. The van der Waals surface area contributed by atoms with Crippen LogP contribution in [0.15, 0.2) is 78.9 Å². The average Bonchev–Trinajstić information content (AvgIpc) is 2.62. The van der Waals surface area contributed by atoms with E-state index in [0.717, 1.165) is 5.56 Å². The number of ketones is 1. The highest BCUT2D eigenvalue weighted by Gasteiger charge is 2.12. The minimum absolute atomic E-state index is 0.0793. The molecule has 3 heteroatoms. The highest BCUT2D eigenvalue weighted by molar-refractivity contribution is 6.09. The summed E-state index contributed by atoms with van der Waals surface area (Å²) in [7, 11) is 0. The van der Waals surface area contributed by atoms with Crippen LogP contribution in [0.5, 0.6) is 5.75 Å². The maximum atomic E-state index is 13.9. The van der Waals surface area contributed by atoms with Crippen molar-refractivity contribution in [1.29, 1.82) is 0 Å². The van der Waals surface area contributed by atoms with E-state index in [2.05, 4.69) is 0 Å². The third-order valence-corrected chi connectivity index (χ3v) is 3.47. The molecule has 0 N–H and O–H groups in total. The summed E-state index contributed by atoms with van der Waals surface area (Å²) in [6.07, 6.45) is 0. The molecule has 0 amide bonds. The fourth-order valence-electron chi connectivity index (χ4n) is 2.25. The number of ether oxygens (including phenoxy) is 1. The Bertz CT molecular complexity index is 798. The molecule has 0 bridgehead atoms. The van der Waals surface area contributed by atoms with Crippen LogP contribution in [0.2, 0.25) is 0 Å². The van der Waals surface area contributed by atoms with Crippen molar-refractivity contribution in [2.75, 3.05) is 0 Å². The van der Waals surface area contributed by atoms with Crippen molar-refractivity contribution >= 4 is 5.78 Å². The zero-order valence-corrected chi connectivity index (χ0v) is 12.4. The van der Waals surface area contributed by atoms with E-state index in [1.807, 2.05) is 36.4 Å². The Morgan fingerprint density at radius 3 is 2.17 bits per heavy atom. The van der Waals surface area contributed by atoms with Gasteiger partial charge in [0.2, 0.25) is 0 Å². The summed E-state index contributed by atoms with van der Waals surface area (Å²) in [6.45, 7) is 0.251. The van der Waals surface area contributed by atoms with Crippen LogP contribution < -0.4 is 4.74 Å². The second-order valence-electron chi connectivity index (χ2n) is 5.11. The standard InChI is InChI=1S/C20H15FO2/c21-18-12-11-17(20(22)16-9-5-2-6-10-16)13-19(18)23-14-15-7-3-1-4-8-15/h1-13H,14H2. The highest BCUT2D eigenvalue weighted by atomic mass is 19.1. The van der Waals surface area contributed by atoms with E-state index >= 15 is 0 Å². The van der Waals surface area contributed by atoms with E-state index in [4.69, 9.17) is 4.74 Å². The van der Waals surface area contributed by atoms with Gasteiger partial charge in [0.05, 0.1) is 0 Å². The molecule has 0 spiro atoms. The predicted octanol–water partition coefficient (Wildman–Crippen LogP) is 4.64. The van der Waals surface area contributed by atoms with Crippen LogP contribution in [-0.2, 0) is 6.61 Å².